The fourth-order valence-corrected chi connectivity index (χ4v) is 9.77. The molecule has 3 aliphatic carbocycles. The second-order valence-electron chi connectivity index (χ2n) is 15.8. The van der Waals surface area contributed by atoms with Crippen LogP contribution in [0, 0.1) is 0 Å². The standard InChI is InChI=1S/C49H49N/c1-49(2)45-23-13-11-22-43(45)44-32-30-39(33-46(44)49)50(48-41-21-10-9-19-37(41)29-31-42(48)36-17-7-4-8-18-36)47-24-14-12-20-40(47)38-27-25-35(26-28-38)34-15-5-3-6-16-34/h9-14,19-34,36H,3-8,15-18H2,1-2H3. The number of hydrogen-bond donors (Lipinski definition) is 0. The van der Waals surface area contributed by atoms with Gasteiger partial charge in [-0.2, -0.15) is 0 Å². The van der Waals surface area contributed by atoms with Gasteiger partial charge in [0.25, 0.3) is 0 Å². The molecule has 250 valence electrons. The Morgan fingerprint density at radius 3 is 1.94 bits per heavy atom. The number of para-hydroxylation sites is 1. The monoisotopic (exact) mass is 651 g/mol. The van der Waals surface area contributed by atoms with Gasteiger partial charge in [-0.3, -0.25) is 0 Å². The Kier molecular flexibility index (Phi) is 8.11. The summed E-state index contributed by atoms with van der Waals surface area (Å²) in [4.78, 5) is 2.65. The van der Waals surface area contributed by atoms with E-state index in [0.29, 0.717) is 11.8 Å². The Labute approximate surface area is 299 Å². The van der Waals surface area contributed by atoms with Crippen molar-refractivity contribution in [3.63, 3.8) is 0 Å². The third kappa shape index (κ3) is 5.38. The molecule has 0 bridgehead atoms. The molecule has 0 radical (unpaired) electrons. The highest BCUT2D eigenvalue weighted by atomic mass is 15.1. The SMILES string of the molecule is CC1(C)c2ccccc2-c2ccc(N(c3ccccc3-c3ccc(C4CCCCC4)cc3)c3c(C4CCCCC4)ccc4ccccc34)cc21. The highest BCUT2D eigenvalue weighted by Crippen LogP contribution is 2.53. The molecule has 2 fully saturated rings. The summed E-state index contributed by atoms with van der Waals surface area (Å²) < 4.78 is 0. The van der Waals surface area contributed by atoms with Crippen LogP contribution in [0.3, 0.4) is 0 Å². The first kappa shape index (κ1) is 31.4. The van der Waals surface area contributed by atoms with Gasteiger partial charge in [-0.05, 0) is 100 Å². The molecule has 0 saturated heterocycles. The van der Waals surface area contributed by atoms with Crippen LogP contribution in [0.1, 0.15) is 112 Å². The molecule has 0 aliphatic heterocycles. The molecule has 0 aromatic heterocycles. The van der Waals surface area contributed by atoms with Crippen LogP contribution in [0.5, 0.6) is 0 Å². The maximum absolute atomic E-state index is 2.65. The highest BCUT2D eigenvalue weighted by molar-refractivity contribution is 6.03. The van der Waals surface area contributed by atoms with Gasteiger partial charge < -0.3 is 4.90 Å². The van der Waals surface area contributed by atoms with Gasteiger partial charge in [-0.15, -0.1) is 0 Å². The van der Waals surface area contributed by atoms with Gasteiger partial charge in [-0.1, -0.05) is 162 Å². The minimum Gasteiger partial charge on any atom is -0.309 e. The molecule has 1 heteroatoms. The van der Waals surface area contributed by atoms with Gasteiger partial charge in [0.05, 0.1) is 11.4 Å². The molecule has 50 heavy (non-hydrogen) atoms. The van der Waals surface area contributed by atoms with Crippen molar-refractivity contribution in [2.45, 2.75) is 95.3 Å². The van der Waals surface area contributed by atoms with Crippen LogP contribution in [0.4, 0.5) is 17.1 Å². The maximum Gasteiger partial charge on any atom is 0.0575 e. The molecule has 0 N–H and O–H groups in total. The van der Waals surface area contributed by atoms with Crippen molar-refractivity contribution < 1.29 is 0 Å². The second-order valence-corrected chi connectivity index (χ2v) is 15.8. The third-order valence-electron chi connectivity index (χ3n) is 12.5. The summed E-state index contributed by atoms with van der Waals surface area (Å²) in [6.45, 7) is 4.80. The average molecular weight is 652 g/mol. The lowest BCUT2D eigenvalue weighted by Gasteiger charge is -2.34. The highest BCUT2D eigenvalue weighted by Gasteiger charge is 2.36. The summed E-state index contributed by atoms with van der Waals surface area (Å²) in [5, 5.41) is 2.64. The summed E-state index contributed by atoms with van der Waals surface area (Å²) >= 11 is 0. The molecule has 0 amide bonds. The number of nitrogens with zero attached hydrogens (tertiary/aromatic N) is 1. The Morgan fingerprint density at radius 2 is 1.16 bits per heavy atom. The predicted molar refractivity (Wildman–Crippen MR) is 213 cm³/mol. The maximum atomic E-state index is 2.65. The molecule has 0 spiro atoms. The van der Waals surface area contributed by atoms with E-state index in [1.54, 1.807) is 0 Å². The number of hydrogen-bond acceptors (Lipinski definition) is 1. The molecule has 6 aromatic carbocycles. The van der Waals surface area contributed by atoms with Gasteiger partial charge in [0, 0.05) is 22.1 Å². The number of rotatable bonds is 6. The summed E-state index contributed by atoms with van der Waals surface area (Å²) in [5.74, 6) is 1.26. The fraction of sp³-hybridized carbons (Fsp3) is 0.306. The van der Waals surface area contributed by atoms with Gasteiger partial charge in [0.15, 0.2) is 0 Å². The first-order valence-corrected chi connectivity index (χ1v) is 19.3. The first-order valence-electron chi connectivity index (χ1n) is 19.3. The average Bonchev–Trinajstić information content (AvgIpc) is 3.41. The lowest BCUT2D eigenvalue weighted by atomic mass is 9.81. The molecule has 0 heterocycles. The minimum atomic E-state index is -0.0764. The Bertz CT molecular complexity index is 2160. The van der Waals surface area contributed by atoms with E-state index >= 15 is 0 Å². The molecule has 0 atom stereocenters. The van der Waals surface area contributed by atoms with Crippen LogP contribution in [-0.2, 0) is 5.41 Å². The number of benzene rings is 6. The molecule has 0 unspecified atom stereocenters. The van der Waals surface area contributed by atoms with E-state index in [2.05, 4.69) is 146 Å². The predicted octanol–water partition coefficient (Wildman–Crippen LogP) is 14.4. The van der Waals surface area contributed by atoms with E-state index < -0.39 is 0 Å². The zero-order valence-corrected chi connectivity index (χ0v) is 29.8. The summed E-state index contributed by atoms with van der Waals surface area (Å²) in [7, 11) is 0. The topological polar surface area (TPSA) is 3.24 Å². The summed E-state index contributed by atoms with van der Waals surface area (Å²) in [6.07, 6.45) is 13.3. The van der Waals surface area contributed by atoms with Crippen molar-refractivity contribution >= 4 is 27.8 Å². The largest absolute Gasteiger partial charge is 0.309 e. The van der Waals surface area contributed by atoms with Crippen molar-refractivity contribution in [3.05, 3.63) is 150 Å². The number of anilines is 3. The quantitative estimate of drug-likeness (QED) is 0.173. The van der Waals surface area contributed by atoms with E-state index in [4.69, 9.17) is 0 Å². The number of fused-ring (bicyclic) bond motifs is 4. The van der Waals surface area contributed by atoms with Crippen LogP contribution in [0.2, 0.25) is 0 Å². The zero-order valence-electron chi connectivity index (χ0n) is 29.8. The Morgan fingerprint density at radius 1 is 0.520 bits per heavy atom. The van der Waals surface area contributed by atoms with E-state index in [9.17, 15) is 0 Å². The van der Waals surface area contributed by atoms with Crippen molar-refractivity contribution in [1.82, 2.24) is 0 Å². The van der Waals surface area contributed by atoms with Gasteiger partial charge in [-0.25, -0.2) is 0 Å². The van der Waals surface area contributed by atoms with Crippen LogP contribution in [0.15, 0.2) is 127 Å². The molecular formula is C49H49N. The van der Waals surface area contributed by atoms with E-state index in [1.807, 2.05) is 0 Å². The van der Waals surface area contributed by atoms with E-state index in [-0.39, 0.29) is 5.41 Å². The first-order chi connectivity index (χ1) is 24.6. The fourth-order valence-electron chi connectivity index (χ4n) is 9.77. The zero-order chi connectivity index (χ0) is 33.7. The van der Waals surface area contributed by atoms with E-state index in [0.717, 1.165) is 0 Å². The Hall–Kier alpha value is -4.62. The normalized spacial score (nSPS) is 17.4. The third-order valence-corrected chi connectivity index (χ3v) is 12.5. The van der Waals surface area contributed by atoms with Gasteiger partial charge >= 0.3 is 0 Å². The minimum absolute atomic E-state index is 0.0764. The van der Waals surface area contributed by atoms with Crippen LogP contribution < -0.4 is 4.90 Å². The smallest absolute Gasteiger partial charge is 0.0575 e. The van der Waals surface area contributed by atoms with Crippen molar-refractivity contribution in [3.8, 4) is 22.3 Å². The van der Waals surface area contributed by atoms with Crippen molar-refractivity contribution in [1.29, 1.82) is 0 Å². The molecule has 1 nitrogen and oxygen atoms in total. The van der Waals surface area contributed by atoms with Crippen molar-refractivity contribution in [2.75, 3.05) is 4.90 Å². The van der Waals surface area contributed by atoms with Gasteiger partial charge in [0.1, 0.15) is 0 Å². The van der Waals surface area contributed by atoms with Crippen molar-refractivity contribution in [2.24, 2.45) is 0 Å². The van der Waals surface area contributed by atoms with Crippen LogP contribution >= 0.6 is 0 Å². The van der Waals surface area contributed by atoms with Crippen LogP contribution in [0.25, 0.3) is 33.0 Å². The summed E-state index contributed by atoms with van der Waals surface area (Å²) in [6, 6.07) is 49.0. The Balaban J connectivity index is 1.27. The molecule has 9 rings (SSSR count). The summed E-state index contributed by atoms with van der Waals surface area (Å²) in [5.41, 5.74) is 14.9. The second kappa shape index (κ2) is 12.9. The van der Waals surface area contributed by atoms with Gasteiger partial charge in [0.2, 0.25) is 0 Å². The molecule has 6 aromatic rings. The molecule has 2 saturated carbocycles. The lowest BCUT2D eigenvalue weighted by Crippen LogP contribution is -2.18. The molecular weight excluding hydrogens is 603 g/mol. The van der Waals surface area contributed by atoms with E-state index in [1.165, 1.54) is 137 Å². The lowest BCUT2D eigenvalue weighted by molar-refractivity contribution is 0.443. The van der Waals surface area contributed by atoms with Crippen LogP contribution in [-0.4, -0.2) is 0 Å². The molecule has 3 aliphatic rings.